The number of benzene rings is 2. The van der Waals surface area contributed by atoms with Crippen molar-refractivity contribution in [2.75, 3.05) is 57.8 Å². The van der Waals surface area contributed by atoms with Gasteiger partial charge >= 0.3 is 5.69 Å². The van der Waals surface area contributed by atoms with Crippen molar-refractivity contribution in [1.29, 1.82) is 0 Å². The monoisotopic (exact) mass is 640 g/mol. The summed E-state index contributed by atoms with van der Waals surface area (Å²) in [6.07, 6.45) is 2.47. The zero-order valence-corrected chi connectivity index (χ0v) is 26.7. The minimum absolute atomic E-state index is 0.0901. The molecule has 1 amide bonds. The number of carbonyl (C=O) groups excluding carboxylic acids is 1. The summed E-state index contributed by atoms with van der Waals surface area (Å²) in [5.74, 6) is -0.907. The van der Waals surface area contributed by atoms with Gasteiger partial charge < -0.3 is 24.3 Å². The minimum atomic E-state index is -0.776. The molecule has 2 aromatic carbocycles. The van der Waals surface area contributed by atoms with E-state index in [9.17, 15) is 14.0 Å². The third-order valence-electron chi connectivity index (χ3n) is 9.33. The molecule has 0 N–H and O–H groups in total. The van der Waals surface area contributed by atoms with Crippen LogP contribution >= 0.6 is 11.6 Å². The largest absolute Gasteiger partial charge is 0.486 e. The molecule has 1 aromatic heterocycles. The van der Waals surface area contributed by atoms with Crippen molar-refractivity contribution in [3.8, 4) is 16.9 Å². The molecular weight excluding hydrogens is 602 g/mol. The lowest BCUT2D eigenvalue weighted by Gasteiger charge is -2.44. The number of amides is 1. The van der Waals surface area contributed by atoms with Crippen LogP contribution in [-0.4, -0.2) is 101 Å². The van der Waals surface area contributed by atoms with Gasteiger partial charge in [-0.3, -0.25) is 9.36 Å². The molecule has 2 fully saturated rings. The van der Waals surface area contributed by atoms with Crippen LogP contribution in [0.5, 0.6) is 5.75 Å². The van der Waals surface area contributed by atoms with Crippen molar-refractivity contribution >= 4 is 34.2 Å². The smallest absolute Gasteiger partial charge is 0.350 e. The molecule has 3 atom stereocenters. The molecule has 45 heavy (non-hydrogen) atoms. The Balaban J connectivity index is 1.41. The van der Waals surface area contributed by atoms with E-state index in [0.717, 1.165) is 45.2 Å². The highest BCUT2D eigenvalue weighted by atomic mass is 35.5. The predicted octanol–water partition coefficient (Wildman–Crippen LogP) is 4.40. The first-order valence-corrected chi connectivity index (χ1v) is 15.9. The van der Waals surface area contributed by atoms with Gasteiger partial charge in [0.15, 0.2) is 5.75 Å². The number of likely N-dealkylation sites (N-methyl/N-ethyl adjacent to an activating group) is 1. The highest BCUT2D eigenvalue weighted by molar-refractivity contribution is 6.35. The topological polar surface area (TPSA) is 74.1 Å². The van der Waals surface area contributed by atoms with E-state index in [1.54, 1.807) is 15.5 Å². The molecule has 0 aliphatic carbocycles. The molecule has 12 heteroatoms. The Morgan fingerprint density at radius 2 is 1.87 bits per heavy atom. The number of halogens is 3. The number of hydrogen-bond donors (Lipinski definition) is 0. The fraction of sp³-hybridized carbons (Fsp3) is 0.485. The fourth-order valence-corrected chi connectivity index (χ4v) is 7.12. The summed E-state index contributed by atoms with van der Waals surface area (Å²) in [6.45, 7) is 13.7. The molecule has 240 valence electrons. The zero-order valence-electron chi connectivity index (χ0n) is 25.9. The SMILES string of the molecule is C=CC(=O)N1C[C@H](C)N(c2nc(=O)n3c4c(c(-c5ccc(F)cc5F)c(Cl)cc24)O[C@H](CCCN2CCN(C)CC2)C3)C[C@H]1C. The van der Waals surface area contributed by atoms with E-state index in [2.05, 4.69) is 28.4 Å². The molecule has 0 bridgehead atoms. The summed E-state index contributed by atoms with van der Waals surface area (Å²) >= 11 is 6.93. The zero-order chi connectivity index (χ0) is 32.0. The molecule has 9 nitrogen and oxygen atoms in total. The van der Waals surface area contributed by atoms with E-state index >= 15 is 4.39 Å². The average Bonchev–Trinajstić information content (AvgIpc) is 3.01. The van der Waals surface area contributed by atoms with Crippen LogP contribution in [-0.2, 0) is 11.3 Å². The molecule has 3 aromatic rings. The van der Waals surface area contributed by atoms with E-state index in [1.807, 2.05) is 18.7 Å². The van der Waals surface area contributed by atoms with E-state index in [-0.39, 0.29) is 40.2 Å². The van der Waals surface area contributed by atoms with Gasteiger partial charge in [0.25, 0.3) is 0 Å². The lowest BCUT2D eigenvalue weighted by Crippen LogP contribution is -2.58. The van der Waals surface area contributed by atoms with Crippen molar-refractivity contribution < 1.29 is 18.3 Å². The van der Waals surface area contributed by atoms with Crippen molar-refractivity contribution in [2.24, 2.45) is 0 Å². The number of anilines is 1. The minimum Gasteiger partial charge on any atom is -0.486 e. The molecule has 0 radical (unpaired) electrons. The summed E-state index contributed by atoms with van der Waals surface area (Å²) in [5.41, 5.74) is 0.405. The fourth-order valence-electron chi connectivity index (χ4n) is 6.83. The second-order valence-corrected chi connectivity index (χ2v) is 12.9. The molecule has 3 aliphatic rings. The van der Waals surface area contributed by atoms with E-state index in [1.165, 1.54) is 18.2 Å². The van der Waals surface area contributed by atoms with E-state index < -0.39 is 17.3 Å². The number of nitrogens with zero attached hydrogens (tertiary/aromatic N) is 6. The Morgan fingerprint density at radius 3 is 2.58 bits per heavy atom. The number of rotatable bonds is 7. The molecule has 0 spiro atoms. The standard InChI is InChI=1S/C33H39ClF2N6O3/c1-5-28(43)40-17-21(3)41(18-20(40)2)32-25-16-26(34)29(24-9-8-22(35)15-27(24)36)31-30(25)42(33(44)37-32)19-23(45-31)7-6-10-39-13-11-38(4)12-14-39/h5,8-9,15-16,20-21,23H,1,6-7,10-14,17-19H2,2-4H3/t20-,21+,23-/m1/s1. The van der Waals surface area contributed by atoms with Gasteiger partial charge in [0.1, 0.15) is 23.6 Å². The van der Waals surface area contributed by atoms with Crippen LogP contribution in [0.25, 0.3) is 22.0 Å². The Labute approximate surface area is 266 Å². The average molecular weight is 641 g/mol. The maximum absolute atomic E-state index is 15.3. The van der Waals surface area contributed by atoms with Crippen LogP contribution in [0, 0.1) is 11.6 Å². The third kappa shape index (κ3) is 6.05. The van der Waals surface area contributed by atoms with Gasteiger partial charge in [-0.05, 0) is 64.6 Å². The van der Waals surface area contributed by atoms with Gasteiger partial charge in [-0.15, -0.1) is 0 Å². The molecular formula is C33H39ClF2N6O3. The number of piperazine rings is 2. The second kappa shape index (κ2) is 12.7. The van der Waals surface area contributed by atoms with Crippen LogP contribution in [0.2, 0.25) is 5.02 Å². The molecule has 6 rings (SSSR count). The lowest BCUT2D eigenvalue weighted by atomic mass is 9.99. The summed E-state index contributed by atoms with van der Waals surface area (Å²) in [7, 11) is 2.13. The maximum Gasteiger partial charge on any atom is 0.350 e. The number of aromatic nitrogens is 2. The predicted molar refractivity (Wildman–Crippen MR) is 172 cm³/mol. The van der Waals surface area contributed by atoms with Crippen LogP contribution in [0.4, 0.5) is 14.6 Å². The van der Waals surface area contributed by atoms with Crippen LogP contribution in [0.3, 0.4) is 0 Å². The highest BCUT2D eigenvalue weighted by Gasteiger charge is 2.36. The first kappa shape index (κ1) is 31.4. The van der Waals surface area contributed by atoms with Crippen LogP contribution in [0.1, 0.15) is 26.7 Å². The molecule has 0 saturated carbocycles. The van der Waals surface area contributed by atoms with Gasteiger partial charge in [-0.25, -0.2) is 13.6 Å². The van der Waals surface area contributed by atoms with E-state index in [4.69, 9.17) is 16.3 Å². The number of carbonyl (C=O) groups is 1. The Morgan fingerprint density at radius 1 is 1.11 bits per heavy atom. The molecule has 0 unspecified atom stereocenters. The van der Waals surface area contributed by atoms with Crippen LogP contribution in [0.15, 0.2) is 41.7 Å². The quantitative estimate of drug-likeness (QED) is 0.355. The Bertz CT molecular complexity index is 1690. The summed E-state index contributed by atoms with van der Waals surface area (Å²) in [4.78, 5) is 39.3. The normalized spacial score (nSPS) is 22.5. The molecule has 4 heterocycles. The van der Waals surface area contributed by atoms with Crippen molar-refractivity contribution in [2.45, 2.75) is 51.4 Å². The first-order valence-electron chi connectivity index (χ1n) is 15.6. The van der Waals surface area contributed by atoms with Gasteiger partial charge in [-0.2, -0.15) is 4.98 Å². The van der Waals surface area contributed by atoms with Gasteiger partial charge in [0.2, 0.25) is 5.91 Å². The van der Waals surface area contributed by atoms with Gasteiger partial charge in [-0.1, -0.05) is 18.2 Å². The molecule has 3 aliphatic heterocycles. The van der Waals surface area contributed by atoms with Crippen LogP contribution < -0.4 is 15.3 Å². The summed E-state index contributed by atoms with van der Waals surface area (Å²) in [6, 6.07) is 4.70. The molecule has 2 saturated heterocycles. The number of hydrogen-bond acceptors (Lipinski definition) is 7. The Hall–Kier alpha value is -3.54. The first-order chi connectivity index (χ1) is 21.5. The van der Waals surface area contributed by atoms with Crippen molar-refractivity contribution in [1.82, 2.24) is 24.3 Å². The summed E-state index contributed by atoms with van der Waals surface area (Å²) in [5, 5.41) is 0.801. The highest BCUT2D eigenvalue weighted by Crippen LogP contribution is 2.47. The lowest BCUT2D eigenvalue weighted by molar-refractivity contribution is -0.128. The van der Waals surface area contributed by atoms with Gasteiger partial charge in [0.05, 0.1) is 17.1 Å². The Kier molecular flexibility index (Phi) is 8.87. The van der Waals surface area contributed by atoms with Gasteiger partial charge in [0, 0.05) is 73.9 Å². The second-order valence-electron chi connectivity index (χ2n) is 12.5. The summed E-state index contributed by atoms with van der Waals surface area (Å²) < 4.78 is 37.4. The maximum atomic E-state index is 15.3. The van der Waals surface area contributed by atoms with E-state index in [0.29, 0.717) is 48.5 Å². The third-order valence-corrected chi connectivity index (χ3v) is 9.63. The van der Waals surface area contributed by atoms with Crippen molar-refractivity contribution in [3.05, 3.63) is 64.1 Å². The number of ether oxygens (including phenoxy) is 1. The van der Waals surface area contributed by atoms with Crippen molar-refractivity contribution in [3.63, 3.8) is 0 Å².